The fourth-order valence-corrected chi connectivity index (χ4v) is 6.60. The molecule has 4 N–H and O–H groups in total. The maximum Gasteiger partial charge on any atom is 0.284 e. The van der Waals surface area contributed by atoms with Crippen molar-refractivity contribution in [2.45, 2.75) is 25.3 Å². The van der Waals surface area contributed by atoms with Gasteiger partial charge in [-0.3, -0.25) is 9.69 Å². The quantitative estimate of drug-likeness (QED) is 0.198. The van der Waals surface area contributed by atoms with E-state index in [-0.39, 0.29) is 11.8 Å². The van der Waals surface area contributed by atoms with Gasteiger partial charge in [-0.15, -0.1) is 0 Å². The molecule has 0 radical (unpaired) electrons. The lowest BCUT2D eigenvalue weighted by molar-refractivity contribution is 0.0976. The molecule has 1 atom stereocenters. The van der Waals surface area contributed by atoms with E-state index in [2.05, 4.69) is 50.4 Å². The third-order valence-electron chi connectivity index (χ3n) is 8.88. The number of nitriles is 2. The summed E-state index contributed by atoms with van der Waals surface area (Å²) in [5.41, 5.74) is 13.0. The summed E-state index contributed by atoms with van der Waals surface area (Å²) in [7, 11) is 0. The van der Waals surface area contributed by atoms with Crippen LogP contribution in [0.2, 0.25) is 0 Å². The number of benzene rings is 3. The molecular formula is C35H31N7O2. The van der Waals surface area contributed by atoms with Crippen LogP contribution in [0.5, 0.6) is 0 Å². The number of nitrogens with zero attached hydrogens (tertiary/aromatic N) is 4. The molecule has 1 amide bonds. The van der Waals surface area contributed by atoms with E-state index in [0.29, 0.717) is 16.7 Å². The van der Waals surface area contributed by atoms with Gasteiger partial charge in [-0.1, -0.05) is 0 Å². The van der Waals surface area contributed by atoms with Crippen LogP contribution in [0.3, 0.4) is 0 Å². The van der Waals surface area contributed by atoms with Crippen LogP contribution in [0.15, 0.2) is 77.5 Å². The predicted molar refractivity (Wildman–Crippen MR) is 170 cm³/mol. The molecule has 1 fully saturated rings. The molecule has 0 aliphatic carbocycles. The number of aryl methyl sites for hydroxylation is 1. The first-order chi connectivity index (χ1) is 21.5. The Morgan fingerprint density at radius 2 is 1.59 bits per heavy atom. The molecule has 44 heavy (non-hydrogen) atoms. The van der Waals surface area contributed by atoms with Gasteiger partial charge in [0.25, 0.3) is 5.91 Å². The Kier molecular flexibility index (Phi) is 7.01. The average molecular weight is 582 g/mol. The Morgan fingerprint density at radius 1 is 0.886 bits per heavy atom. The van der Waals surface area contributed by atoms with Crippen LogP contribution in [0.25, 0.3) is 32.8 Å². The van der Waals surface area contributed by atoms with E-state index in [9.17, 15) is 15.3 Å². The third-order valence-corrected chi connectivity index (χ3v) is 8.88. The van der Waals surface area contributed by atoms with Gasteiger partial charge in [-0.05, 0) is 91.1 Å². The van der Waals surface area contributed by atoms with E-state index in [1.54, 1.807) is 6.07 Å². The second kappa shape index (κ2) is 11.3. The molecule has 3 aromatic heterocycles. The summed E-state index contributed by atoms with van der Waals surface area (Å²) in [6.07, 6.45) is 6.99. The first-order valence-electron chi connectivity index (χ1n) is 14.8. The monoisotopic (exact) mass is 581 g/mol. The summed E-state index contributed by atoms with van der Waals surface area (Å²) in [5.74, 6) is -0.403. The molecule has 6 aromatic rings. The van der Waals surface area contributed by atoms with Crippen molar-refractivity contribution >= 4 is 44.4 Å². The van der Waals surface area contributed by atoms with Crippen LogP contribution in [0.1, 0.15) is 51.7 Å². The number of amides is 1. The number of hydrogen-bond acceptors (Lipinski definition) is 6. The Balaban J connectivity index is 1.12. The fraction of sp³-hybridized carbons (Fsp3) is 0.229. The van der Waals surface area contributed by atoms with E-state index in [1.165, 1.54) is 11.1 Å². The highest BCUT2D eigenvalue weighted by Crippen LogP contribution is 2.35. The minimum absolute atomic E-state index is 0.168. The van der Waals surface area contributed by atoms with Crippen molar-refractivity contribution in [3.63, 3.8) is 0 Å². The van der Waals surface area contributed by atoms with Gasteiger partial charge in [-0.2, -0.15) is 10.5 Å². The first kappa shape index (κ1) is 27.3. The van der Waals surface area contributed by atoms with Gasteiger partial charge >= 0.3 is 0 Å². The van der Waals surface area contributed by atoms with E-state index < -0.39 is 5.91 Å². The van der Waals surface area contributed by atoms with Crippen molar-refractivity contribution in [2.24, 2.45) is 5.73 Å². The predicted octanol–water partition coefficient (Wildman–Crippen LogP) is 6.12. The SMILES string of the molecule is N#Cc1ccc2[nH]cc(CCCC(c3c[nH]c4ccc(C#N)cc34)N3CCN(c4ccc5oc(C(N)=O)cc5c4)CC3)c2c1. The highest BCUT2D eigenvalue weighted by Gasteiger charge is 2.27. The molecule has 1 aliphatic heterocycles. The van der Waals surface area contributed by atoms with Gasteiger partial charge in [-0.25, -0.2) is 0 Å². The Bertz CT molecular complexity index is 2100. The summed E-state index contributed by atoms with van der Waals surface area (Å²) in [5, 5.41) is 22.0. The normalized spacial score (nSPS) is 14.6. The molecule has 1 aliphatic rings. The van der Waals surface area contributed by atoms with E-state index in [0.717, 1.165) is 78.3 Å². The van der Waals surface area contributed by atoms with Gasteiger partial charge in [0.1, 0.15) is 5.58 Å². The number of anilines is 1. The van der Waals surface area contributed by atoms with Crippen molar-refractivity contribution in [2.75, 3.05) is 31.1 Å². The first-order valence-corrected chi connectivity index (χ1v) is 14.8. The van der Waals surface area contributed by atoms with E-state index >= 15 is 0 Å². The molecule has 218 valence electrons. The Hall–Kier alpha value is -5.51. The fourth-order valence-electron chi connectivity index (χ4n) is 6.60. The molecular weight excluding hydrogens is 550 g/mol. The number of rotatable bonds is 8. The number of piperazine rings is 1. The number of H-pyrrole nitrogens is 2. The van der Waals surface area contributed by atoms with E-state index in [4.69, 9.17) is 10.2 Å². The van der Waals surface area contributed by atoms with Crippen LogP contribution in [0, 0.1) is 22.7 Å². The minimum Gasteiger partial charge on any atom is -0.451 e. The molecule has 4 heterocycles. The minimum atomic E-state index is -0.571. The number of furan rings is 1. The lowest BCUT2D eigenvalue weighted by Gasteiger charge is -2.40. The number of carbonyl (C=O) groups is 1. The summed E-state index contributed by atoms with van der Waals surface area (Å²) in [4.78, 5) is 23.3. The lowest BCUT2D eigenvalue weighted by Crippen LogP contribution is -2.47. The Morgan fingerprint density at radius 3 is 2.32 bits per heavy atom. The van der Waals surface area contributed by atoms with Crippen LogP contribution in [-0.2, 0) is 6.42 Å². The zero-order valence-corrected chi connectivity index (χ0v) is 24.1. The standard InChI is InChI=1S/C35H31N7O2/c36-18-22-4-7-30-27(14-22)24(20-39-30)2-1-3-32(29-21-40-31-8-5-23(19-37)15-28(29)31)42-12-10-41(11-13-42)26-6-9-33-25(16-26)17-34(44-33)35(38)43/h4-9,14-17,20-21,32,39-40H,1-3,10-13H2,(H2,38,43). The van der Waals surface area contributed by atoms with Crippen molar-refractivity contribution < 1.29 is 9.21 Å². The van der Waals surface area contributed by atoms with Gasteiger partial charge in [0, 0.05) is 77.5 Å². The summed E-state index contributed by atoms with van der Waals surface area (Å²) >= 11 is 0. The van der Waals surface area contributed by atoms with Gasteiger partial charge in [0.2, 0.25) is 0 Å². The molecule has 7 rings (SSSR count). The van der Waals surface area contributed by atoms with Gasteiger partial charge in [0.05, 0.1) is 23.3 Å². The molecule has 3 aromatic carbocycles. The number of fused-ring (bicyclic) bond motifs is 3. The molecule has 0 spiro atoms. The zero-order chi connectivity index (χ0) is 30.2. The lowest BCUT2D eigenvalue weighted by atomic mass is 9.95. The molecule has 1 saturated heterocycles. The number of aromatic amines is 2. The van der Waals surface area contributed by atoms with Crippen molar-refractivity contribution in [3.8, 4) is 12.1 Å². The number of primary amides is 1. The molecule has 9 nitrogen and oxygen atoms in total. The average Bonchev–Trinajstić information content (AvgIpc) is 3.79. The van der Waals surface area contributed by atoms with Crippen LogP contribution < -0.4 is 10.6 Å². The largest absolute Gasteiger partial charge is 0.451 e. The van der Waals surface area contributed by atoms with Crippen molar-refractivity contribution in [1.29, 1.82) is 10.5 Å². The van der Waals surface area contributed by atoms with E-state index in [1.807, 2.05) is 48.5 Å². The van der Waals surface area contributed by atoms with Crippen molar-refractivity contribution in [3.05, 3.63) is 101 Å². The molecule has 9 heteroatoms. The second-order valence-electron chi connectivity index (χ2n) is 11.4. The smallest absolute Gasteiger partial charge is 0.284 e. The van der Waals surface area contributed by atoms with Crippen LogP contribution >= 0.6 is 0 Å². The van der Waals surface area contributed by atoms with Gasteiger partial charge < -0.3 is 25.0 Å². The molecule has 1 unspecified atom stereocenters. The summed E-state index contributed by atoms with van der Waals surface area (Å²) in [6, 6.07) is 24.0. The van der Waals surface area contributed by atoms with Crippen LogP contribution in [-0.4, -0.2) is 47.0 Å². The molecule has 0 saturated carbocycles. The number of carbonyl (C=O) groups excluding carboxylic acids is 1. The zero-order valence-electron chi connectivity index (χ0n) is 24.1. The number of nitrogens with two attached hydrogens (primary N) is 1. The summed E-state index contributed by atoms with van der Waals surface area (Å²) < 4.78 is 5.57. The number of nitrogens with one attached hydrogen (secondary N) is 2. The highest BCUT2D eigenvalue weighted by molar-refractivity contribution is 5.95. The second-order valence-corrected chi connectivity index (χ2v) is 11.4. The maximum absolute atomic E-state index is 11.6. The van der Waals surface area contributed by atoms with Crippen molar-refractivity contribution in [1.82, 2.24) is 14.9 Å². The van der Waals surface area contributed by atoms with Gasteiger partial charge in [0.15, 0.2) is 5.76 Å². The molecule has 0 bridgehead atoms. The highest BCUT2D eigenvalue weighted by atomic mass is 16.3. The Labute approximate surface area is 254 Å². The topological polar surface area (TPSA) is 142 Å². The number of aromatic nitrogens is 2. The summed E-state index contributed by atoms with van der Waals surface area (Å²) in [6.45, 7) is 3.47. The third kappa shape index (κ3) is 5.04. The van der Waals surface area contributed by atoms with Crippen LogP contribution in [0.4, 0.5) is 5.69 Å². The maximum atomic E-state index is 11.6. The number of hydrogen-bond donors (Lipinski definition) is 3.